The van der Waals surface area contributed by atoms with E-state index in [0.717, 1.165) is 17.0 Å². The van der Waals surface area contributed by atoms with Crippen LogP contribution in [0, 0.1) is 0 Å². The minimum atomic E-state index is -4.95. The smallest absolute Gasteiger partial charge is 0.416 e. The lowest BCUT2D eigenvalue weighted by molar-refractivity contribution is -0.166. The van der Waals surface area contributed by atoms with Gasteiger partial charge in [-0.05, 0) is 80.4 Å². The summed E-state index contributed by atoms with van der Waals surface area (Å²) < 4.78 is 104. The van der Waals surface area contributed by atoms with Gasteiger partial charge >= 0.3 is 12.4 Å². The van der Waals surface area contributed by atoms with Gasteiger partial charge in [0.15, 0.2) is 0 Å². The number of hydrogen-bond donors (Lipinski definition) is 1. The van der Waals surface area contributed by atoms with E-state index < -0.39 is 47.9 Å². The molecular formula is C30H31F6NO4. The van der Waals surface area contributed by atoms with Gasteiger partial charge in [-0.2, -0.15) is 26.3 Å². The van der Waals surface area contributed by atoms with Crippen molar-refractivity contribution in [1.29, 1.82) is 0 Å². The second-order valence-electron chi connectivity index (χ2n) is 10.2. The molecule has 2 unspecified atom stereocenters. The second-order valence-corrected chi connectivity index (χ2v) is 10.2. The first-order chi connectivity index (χ1) is 19.2. The van der Waals surface area contributed by atoms with Crippen LogP contribution in [0.25, 0.3) is 0 Å². The minimum Gasteiger partial charge on any atom is -0.497 e. The van der Waals surface area contributed by atoms with Crippen molar-refractivity contribution in [1.82, 2.24) is 0 Å². The summed E-state index contributed by atoms with van der Waals surface area (Å²) in [7, 11) is 1.59. The van der Waals surface area contributed by atoms with Crippen LogP contribution in [0.2, 0.25) is 0 Å². The molecule has 0 aromatic heterocycles. The molecule has 11 heteroatoms. The fourth-order valence-electron chi connectivity index (χ4n) is 4.72. The molecule has 41 heavy (non-hydrogen) atoms. The van der Waals surface area contributed by atoms with Crippen molar-refractivity contribution < 1.29 is 45.3 Å². The van der Waals surface area contributed by atoms with Gasteiger partial charge in [0.25, 0.3) is 0 Å². The zero-order valence-corrected chi connectivity index (χ0v) is 23.0. The van der Waals surface area contributed by atoms with Gasteiger partial charge in [0.05, 0.1) is 24.8 Å². The van der Waals surface area contributed by atoms with E-state index in [4.69, 9.17) is 18.9 Å². The standard InChI is InChI=1S/C30H31F6NO4/c1-5-39-26-24-15-22(37-16-18-6-9-23(38-4)10-7-18)8-11-25(24)41-28(2,3)27(26)40-17-19-12-20(29(31,32)33)14-21(13-19)30(34,35)36/h6-15,26-27,37H,5,16-17H2,1-4H3. The van der Waals surface area contributed by atoms with Gasteiger partial charge in [-0.3, -0.25) is 0 Å². The normalized spacial score (nSPS) is 18.4. The molecule has 0 saturated heterocycles. The van der Waals surface area contributed by atoms with Gasteiger partial charge < -0.3 is 24.3 Å². The van der Waals surface area contributed by atoms with E-state index in [1.807, 2.05) is 36.4 Å². The maximum atomic E-state index is 13.4. The molecule has 5 nitrogen and oxygen atoms in total. The molecule has 1 heterocycles. The molecule has 222 valence electrons. The van der Waals surface area contributed by atoms with Crippen LogP contribution in [-0.2, 0) is 35.0 Å². The summed E-state index contributed by atoms with van der Waals surface area (Å²) in [6, 6.07) is 14.5. The van der Waals surface area contributed by atoms with Gasteiger partial charge in [0, 0.05) is 24.4 Å². The van der Waals surface area contributed by atoms with E-state index >= 15 is 0 Å². The molecule has 0 spiro atoms. The summed E-state index contributed by atoms with van der Waals surface area (Å²) in [5, 5.41) is 3.34. The third kappa shape index (κ3) is 7.26. The van der Waals surface area contributed by atoms with E-state index in [1.165, 1.54) is 0 Å². The van der Waals surface area contributed by atoms with Gasteiger partial charge in [-0.15, -0.1) is 0 Å². The third-order valence-corrected chi connectivity index (χ3v) is 6.73. The molecule has 2 atom stereocenters. The molecule has 1 aliphatic rings. The number of fused-ring (bicyclic) bond motifs is 1. The molecule has 1 aliphatic heterocycles. The zero-order chi connectivity index (χ0) is 30.0. The first-order valence-electron chi connectivity index (χ1n) is 12.9. The molecule has 0 radical (unpaired) electrons. The Balaban J connectivity index is 1.59. The van der Waals surface area contributed by atoms with Gasteiger partial charge in [0.1, 0.15) is 29.3 Å². The number of hydrogen-bond acceptors (Lipinski definition) is 5. The number of ether oxygens (including phenoxy) is 4. The predicted octanol–water partition coefficient (Wildman–Crippen LogP) is 8.18. The van der Waals surface area contributed by atoms with Crippen molar-refractivity contribution in [2.24, 2.45) is 0 Å². The van der Waals surface area contributed by atoms with Crippen LogP contribution in [-0.4, -0.2) is 25.4 Å². The first kappa shape index (κ1) is 30.5. The number of alkyl halides is 6. The molecule has 1 N–H and O–H groups in total. The fourth-order valence-corrected chi connectivity index (χ4v) is 4.72. The molecule has 3 aromatic carbocycles. The summed E-state index contributed by atoms with van der Waals surface area (Å²) in [5.41, 5.74) is -1.65. The Kier molecular flexibility index (Phi) is 8.79. The van der Waals surface area contributed by atoms with Crippen LogP contribution >= 0.6 is 0 Å². The molecule has 4 rings (SSSR count). The largest absolute Gasteiger partial charge is 0.497 e. The average molecular weight is 584 g/mol. The highest BCUT2D eigenvalue weighted by molar-refractivity contribution is 5.54. The van der Waals surface area contributed by atoms with Crippen LogP contribution < -0.4 is 14.8 Å². The quantitative estimate of drug-likeness (QED) is 0.258. The molecule has 0 amide bonds. The van der Waals surface area contributed by atoms with Crippen molar-refractivity contribution in [3.05, 3.63) is 88.5 Å². The Morgan fingerprint density at radius 2 is 1.46 bits per heavy atom. The molecule has 0 saturated carbocycles. The Morgan fingerprint density at radius 1 is 0.829 bits per heavy atom. The van der Waals surface area contributed by atoms with Crippen molar-refractivity contribution in [3.63, 3.8) is 0 Å². The van der Waals surface area contributed by atoms with Crippen molar-refractivity contribution in [2.75, 3.05) is 19.0 Å². The highest BCUT2D eigenvalue weighted by atomic mass is 19.4. The third-order valence-electron chi connectivity index (χ3n) is 6.73. The van der Waals surface area contributed by atoms with Gasteiger partial charge in [-0.25, -0.2) is 0 Å². The highest BCUT2D eigenvalue weighted by Crippen LogP contribution is 2.45. The lowest BCUT2D eigenvalue weighted by Crippen LogP contribution is -2.51. The summed E-state index contributed by atoms with van der Waals surface area (Å²) in [6.45, 7) is 5.54. The van der Waals surface area contributed by atoms with Crippen LogP contribution in [0.3, 0.4) is 0 Å². The minimum absolute atomic E-state index is 0.0941. The number of nitrogens with one attached hydrogen (secondary N) is 1. The van der Waals surface area contributed by atoms with Gasteiger partial charge in [0.2, 0.25) is 0 Å². The summed E-state index contributed by atoms with van der Waals surface area (Å²) in [6.07, 6.45) is -11.5. The predicted molar refractivity (Wildman–Crippen MR) is 141 cm³/mol. The van der Waals surface area contributed by atoms with E-state index in [-0.39, 0.29) is 18.2 Å². The lowest BCUT2D eigenvalue weighted by Gasteiger charge is -2.44. The molecule has 3 aromatic rings. The Morgan fingerprint density at radius 3 is 2.02 bits per heavy atom. The van der Waals surface area contributed by atoms with E-state index in [2.05, 4.69) is 5.32 Å². The maximum absolute atomic E-state index is 13.4. The Labute approximate surface area is 234 Å². The van der Waals surface area contributed by atoms with Gasteiger partial charge in [-0.1, -0.05) is 12.1 Å². The van der Waals surface area contributed by atoms with Crippen molar-refractivity contribution in [2.45, 2.75) is 64.1 Å². The monoisotopic (exact) mass is 583 g/mol. The average Bonchev–Trinajstić information content (AvgIpc) is 2.90. The number of methoxy groups -OCH3 is 1. The molecule has 0 bridgehead atoms. The first-order valence-corrected chi connectivity index (χ1v) is 12.9. The number of anilines is 1. The number of halogens is 6. The molecule has 0 aliphatic carbocycles. The number of rotatable bonds is 9. The van der Waals surface area contributed by atoms with Crippen LogP contribution in [0.4, 0.5) is 32.0 Å². The van der Waals surface area contributed by atoms with Crippen LogP contribution in [0.5, 0.6) is 11.5 Å². The fraction of sp³-hybridized carbons (Fsp3) is 0.400. The van der Waals surface area contributed by atoms with E-state index in [1.54, 1.807) is 33.9 Å². The molecular weight excluding hydrogens is 552 g/mol. The summed E-state index contributed by atoms with van der Waals surface area (Å²) in [5.74, 6) is 1.29. The number of benzene rings is 3. The highest BCUT2D eigenvalue weighted by Gasteiger charge is 2.46. The Hall–Kier alpha value is -3.44. The van der Waals surface area contributed by atoms with Crippen molar-refractivity contribution >= 4 is 5.69 Å². The van der Waals surface area contributed by atoms with Crippen LogP contribution in [0.1, 0.15) is 54.7 Å². The van der Waals surface area contributed by atoms with Crippen LogP contribution in [0.15, 0.2) is 60.7 Å². The maximum Gasteiger partial charge on any atom is 0.416 e. The van der Waals surface area contributed by atoms with E-state index in [9.17, 15) is 26.3 Å². The topological polar surface area (TPSA) is 49.0 Å². The Bertz CT molecular complexity index is 1310. The SMILES string of the molecule is CCOC1c2cc(NCc3ccc(OC)cc3)ccc2OC(C)(C)C1OCc1cc(C(F)(F)F)cc(C(F)(F)F)c1. The molecule has 0 fully saturated rings. The summed E-state index contributed by atoms with van der Waals surface area (Å²) in [4.78, 5) is 0. The lowest BCUT2D eigenvalue weighted by atomic mass is 9.87. The second kappa shape index (κ2) is 11.8. The summed E-state index contributed by atoms with van der Waals surface area (Å²) >= 11 is 0. The zero-order valence-electron chi connectivity index (χ0n) is 23.0. The van der Waals surface area contributed by atoms with Crippen molar-refractivity contribution in [3.8, 4) is 11.5 Å². The van der Waals surface area contributed by atoms with E-state index in [0.29, 0.717) is 30.0 Å².